The summed E-state index contributed by atoms with van der Waals surface area (Å²) in [5.41, 5.74) is 0.234. The Labute approximate surface area is 71.1 Å². The molecule has 0 amide bonds. The van der Waals surface area contributed by atoms with E-state index in [4.69, 9.17) is 0 Å². The fourth-order valence-electron chi connectivity index (χ4n) is 1.27. The Bertz CT molecular complexity index is 315. The topological polar surface area (TPSA) is 48.9 Å². The molecular formula is C8H12N2O2. The predicted molar refractivity (Wildman–Crippen MR) is 40.3 cm³/mol. The summed E-state index contributed by atoms with van der Waals surface area (Å²) < 4.78 is 3.48. The normalized spacial score (nSPS) is 10.2. The van der Waals surface area contributed by atoms with E-state index in [1.165, 1.54) is 0 Å². The van der Waals surface area contributed by atoms with Gasteiger partial charge < -0.3 is 9.90 Å². The van der Waals surface area contributed by atoms with Crippen molar-refractivity contribution >= 4 is 5.97 Å². The van der Waals surface area contributed by atoms with Crippen LogP contribution in [0, 0.1) is 6.92 Å². The van der Waals surface area contributed by atoms with Gasteiger partial charge in [-0.05, 0) is 6.92 Å². The third-order valence-electron chi connectivity index (χ3n) is 2.03. The minimum atomic E-state index is -1.12. The number of carboxylic acids is 1. The molecule has 66 valence electrons. The number of carbonyl (C=O) groups excluding carboxylic acids is 1. The molecule has 0 bridgehead atoms. The van der Waals surface area contributed by atoms with Gasteiger partial charge in [0.05, 0.1) is 13.6 Å². The largest absolute Gasteiger partial charge is 0.541 e. The average molecular weight is 168 g/mol. The van der Waals surface area contributed by atoms with Crippen molar-refractivity contribution in [1.29, 1.82) is 0 Å². The summed E-state index contributed by atoms with van der Waals surface area (Å²) >= 11 is 0. The molecule has 0 unspecified atom stereocenters. The summed E-state index contributed by atoms with van der Waals surface area (Å²) in [4.78, 5) is 10.6. The summed E-state index contributed by atoms with van der Waals surface area (Å²) in [5, 5.41) is 10.6. The molecule has 0 radical (unpaired) electrons. The lowest BCUT2D eigenvalue weighted by atomic mass is 10.4. The van der Waals surface area contributed by atoms with Crippen molar-refractivity contribution in [3.8, 4) is 0 Å². The highest BCUT2D eigenvalue weighted by Gasteiger charge is 2.15. The van der Waals surface area contributed by atoms with Crippen molar-refractivity contribution in [3.05, 3.63) is 17.7 Å². The number of aromatic nitrogens is 2. The fraction of sp³-hybridized carbons (Fsp3) is 0.500. The quantitative estimate of drug-likeness (QED) is 0.532. The summed E-state index contributed by atoms with van der Waals surface area (Å²) in [6.45, 7) is 4.42. The molecule has 1 rings (SSSR count). The summed E-state index contributed by atoms with van der Waals surface area (Å²) in [5.74, 6) is -0.211. The van der Waals surface area contributed by atoms with Gasteiger partial charge in [-0.3, -0.25) is 0 Å². The van der Waals surface area contributed by atoms with E-state index in [2.05, 4.69) is 0 Å². The van der Waals surface area contributed by atoms with Gasteiger partial charge in [0.1, 0.15) is 12.2 Å². The molecule has 0 aromatic carbocycles. The number of imidazole rings is 1. The van der Waals surface area contributed by atoms with E-state index in [1.807, 2.05) is 20.9 Å². The van der Waals surface area contributed by atoms with Crippen molar-refractivity contribution in [2.45, 2.75) is 20.4 Å². The second kappa shape index (κ2) is 2.97. The number of aromatic carboxylic acids is 1. The minimum Gasteiger partial charge on any atom is -0.541 e. The van der Waals surface area contributed by atoms with Gasteiger partial charge in [0.25, 0.3) is 5.82 Å². The van der Waals surface area contributed by atoms with Crippen LogP contribution in [0.25, 0.3) is 0 Å². The molecule has 0 saturated carbocycles. The van der Waals surface area contributed by atoms with Gasteiger partial charge in [0, 0.05) is 6.92 Å². The maximum absolute atomic E-state index is 10.6. The summed E-state index contributed by atoms with van der Waals surface area (Å²) in [7, 11) is 1.81. The van der Waals surface area contributed by atoms with E-state index in [0.29, 0.717) is 6.54 Å². The monoisotopic (exact) mass is 168 g/mol. The number of hydrogen-bond donors (Lipinski definition) is 0. The first-order valence-corrected chi connectivity index (χ1v) is 3.85. The predicted octanol–water partition coefficient (Wildman–Crippen LogP) is -0.996. The maximum Gasteiger partial charge on any atom is 0.253 e. The van der Waals surface area contributed by atoms with Gasteiger partial charge in [0.15, 0.2) is 5.69 Å². The highest BCUT2D eigenvalue weighted by atomic mass is 16.4. The number of carbonyl (C=O) groups is 1. The first-order valence-electron chi connectivity index (χ1n) is 3.85. The molecule has 12 heavy (non-hydrogen) atoms. The van der Waals surface area contributed by atoms with Crippen LogP contribution in [0.2, 0.25) is 0 Å². The van der Waals surface area contributed by atoms with Gasteiger partial charge in [-0.2, -0.15) is 0 Å². The van der Waals surface area contributed by atoms with Crippen LogP contribution >= 0.6 is 0 Å². The molecule has 0 saturated heterocycles. The van der Waals surface area contributed by atoms with Crippen molar-refractivity contribution < 1.29 is 14.5 Å². The van der Waals surface area contributed by atoms with E-state index in [1.54, 1.807) is 15.3 Å². The van der Waals surface area contributed by atoms with Gasteiger partial charge in [-0.15, -0.1) is 0 Å². The SMILES string of the molecule is CCn1c(C(=O)[O-])c[n+](C)c1C. The van der Waals surface area contributed by atoms with Crippen LogP contribution < -0.4 is 9.67 Å². The van der Waals surface area contributed by atoms with E-state index in [9.17, 15) is 9.90 Å². The Morgan fingerprint density at radius 1 is 1.75 bits per heavy atom. The van der Waals surface area contributed by atoms with Gasteiger partial charge in [0.2, 0.25) is 0 Å². The highest BCUT2D eigenvalue weighted by molar-refractivity contribution is 5.83. The van der Waals surface area contributed by atoms with Gasteiger partial charge >= 0.3 is 0 Å². The van der Waals surface area contributed by atoms with Crippen molar-refractivity contribution in [2.24, 2.45) is 7.05 Å². The molecule has 0 fully saturated rings. The van der Waals surface area contributed by atoms with Crippen LogP contribution in [-0.4, -0.2) is 10.5 Å². The number of aryl methyl sites for hydroxylation is 1. The second-order valence-electron chi connectivity index (χ2n) is 2.70. The lowest BCUT2D eigenvalue weighted by molar-refractivity contribution is -0.677. The highest BCUT2D eigenvalue weighted by Crippen LogP contribution is 2.00. The molecule has 1 aromatic rings. The average Bonchev–Trinajstić information content (AvgIpc) is 2.29. The zero-order chi connectivity index (χ0) is 9.30. The standard InChI is InChI=1S/C8H12N2O2/c1-4-10-6(2)9(3)5-7(10)8(11)12/h5H,4H2,1-3H3. The molecule has 1 aromatic heterocycles. The zero-order valence-electron chi connectivity index (χ0n) is 7.50. The van der Waals surface area contributed by atoms with E-state index < -0.39 is 5.97 Å². The Morgan fingerprint density at radius 3 is 2.67 bits per heavy atom. The second-order valence-corrected chi connectivity index (χ2v) is 2.70. The maximum atomic E-state index is 10.6. The Balaban J connectivity index is 3.29. The molecule has 4 nitrogen and oxygen atoms in total. The van der Waals surface area contributed by atoms with Gasteiger partial charge in [-0.1, -0.05) is 0 Å². The molecule has 0 aliphatic heterocycles. The van der Waals surface area contributed by atoms with Crippen molar-refractivity contribution in [3.63, 3.8) is 0 Å². The number of hydrogen-bond acceptors (Lipinski definition) is 2. The van der Waals surface area contributed by atoms with Crippen LogP contribution in [0.4, 0.5) is 0 Å². The Morgan fingerprint density at radius 2 is 2.33 bits per heavy atom. The summed E-state index contributed by atoms with van der Waals surface area (Å²) in [6, 6.07) is 0. The smallest absolute Gasteiger partial charge is 0.253 e. The zero-order valence-corrected chi connectivity index (χ0v) is 7.50. The molecule has 0 atom stereocenters. The lowest BCUT2D eigenvalue weighted by Crippen LogP contribution is -2.29. The number of nitrogens with zero attached hydrogens (tertiary/aromatic N) is 2. The van der Waals surface area contributed by atoms with Crippen LogP contribution in [-0.2, 0) is 13.6 Å². The Kier molecular flexibility index (Phi) is 2.17. The molecule has 4 heteroatoms. The van der Waals surface area contributed by atoms with E-state index >= 15 is 0 Å². The van der Waals surface area contributed by atoms with Crippen molar-refractivity contribution in [2.75, 3.05) is 0 Å². The van der Waals surface area contributed by atoms with Crippen molar-refractivity contribution in [1.82, 2.24) is 4.57 Å². The minimum absolute atomic E-state index is 0.234. The molecule has 0 spiro atoms. The summed E-state index contributed by atoms with van der Waals surface area (Å²) in [6.07, 6.45) is 1.56. The Hall–Kier alpha value is -1.32. The third-order valence-corrected chi connectivity index (χ3v) is 2.03. The molecule has 1 heterocycles. The van der Waals surface area contributed by atoms with Gasteiger partial charge in [-0.25, -0.2) is 9.13 Å². The molecule has 0 aliphatic rings. The molecule has 0 aliphatic carbocycles. The molecular weight excluding hydrogens is 156 g/mol. The van der Waals surface area contributed by atoms with Crippen LogP contribution in [0.5, 0.6) is 0 Å². The fourth-order valence-corrected chi connectivity index (χ4v) is 1.27. The lowest BCUT2D eigenvalue weighted by Gasteiger charge is -1.99. The van der Waals surface area contributed by atoms with E-state index in [0.717, 1.165) is 5.82 Å². The number of carboxylic acid groups (broad SMARTS) is 1. The van der Waals surface area contributed by atoms with Crippen LogP contribution in [0.15, 0.2) is 6.20 Å². The number of rotatable bonds is 2. The van der Waals surface area contributed by atoms with E-state index in [-0.39, 0.29) is 5.69 Å². The first kappa shape index (κ1) is 8.77. The van der Waals surface area contributed by atoms with Crippen LogP contribution in [0.1, 0.15) is 23.2 Å². The first-order chi connectivity index (χ1) is 5.57. The molecule has 0 N–H and O–H groups in total. The third kappa shape index (κ3) is 1.20. The van der Waals surface area contributed by atoms with Crippen LogP contribution in [0.3, 0.4) is 0 Å².